The van der Waals surface area contributed by atoms with E-state index in [4.69, 9.17) is 4.74 Å². The summed E-state index contributed by atoms with van der Waals surface area (Å²) in [6.45, 7) is 11.2. The van der Waals surface area contributed by atoms with Gasteiger partial charge in [-0.3, -0.25) is 4.98 Å². The third kappa shape index (κ3) is 3.45. The van der Waals surface area contributed by atoms with E-state index in [0.717, 1.165) is 19.6 Å². The third-order valence-corrected chi connectivity index (χ3v) is 3.29. The number of morpholine rings is 1. The number of pyridine rings is 1. The molecule has 2 heterocycles. The Hall–Kier alpha value is -1.13. The van der Waals surface area contributed by atoms with E-state index in [1.54, 1.807) is 0 Å². The highest BCUT2D eigenvalue weighted by atomic mass is 16.5. The minimum atomic E-state index is -0.144. The zero-order valence-corrected chi connectivity index (χ0v) is 12.7. The lowest BCUT2D eigenvalue weighted by atomic mass is 9.98. The van der Waals surface area contributed by atoms with E-state index in [0.29, 0.717) is 0 Å². The van der Waals surface area contributed by atoms with Crippen molar-refractivity contribution in [1.82, 2.24) is 10.3 Å². The highest BCUT2D eigenvalue weighted by Gasteiger charge is 2.38. The van der Waals surface area contributed by atoms with E-state index in [1.165, 1.54) is 11.3 Å². The lowest BCUT2D eigenvalue weighted by Crippen LogP contribution is -2.57. The molecule has 106 valence electrons. The molecule has 1 N–H and O–H groups in total. The van der Waals surface area contributed by atoms with Crippen molar-refractivity contribution in [2.45, 2.75) is 45.4 Å². The molecule has 0 saturated carbocycles. The Morgan fingerprint density at radius 1 is 1.26 bits per heavy atom. The van der Waals surface area contributed by atoms with E-state index < -0.39 is 0 Å². The Bertz CT molecular complexity index is 427. The predicted molar refractivity (Wildman–Crippen MR) is 78.5 cm³/mol. The maximum absolute atomic E-state index is 6.14. The van der Waals surface area contributed by atoms with E-state index in [2.05, 4.69) is 49.0 Å². The molecule has 4 nitrogen and oxygen atoms in total. The van der Waals surface area contributed by atoms with Crippen LogP contribution >= 0.6 is 0 Å². The van der Waals surface area contributed by atoms with Gasteiger partial charge < -0.3 is 15.0 Å². The van der Waals surface area contributed by atoms with Gasteiger partial charge >= 0.3 is 0 Å². The monoisotopic (exact) mass is 263 g/mol. The van der Waals surface area contributed by atoms with Gasteiger partial charge in [0.25, 0.3) is 0 Å². The molecule has 0 aliphatic carbocycles. The summed E-state index contributed by atoms with van der Waals surface area (Å²) in [4.78, 5) is 6.68. The van der Waals surface area contributed by atoms with Crippen LogP contribution in [0.3, 0.4) is 0 Å². The minimum Gasteiger partial charge on any atom is -0.366 e. The van der Waals surface area contributed by atoms with Crippen LogP contribution in [0.1, 0.15) is 33.3 Å². The number of nitrogens with zero attached hydrogens (tertiary/aromatic N) is 2. The van der Waals surface area contributed by atoms with Crippen LogP contribution in [0, 0.1) is 0 Å². The van der Waals surface area contributed by atoms with Crippen molar-refractivity contribution in [3.8, 4) is 0 Å². The zero-order chi connectivity index (χ0) is 14.1. The first-order valence-corrected chi connectivity index (χ1v) is 6.86. The molecule has 0 unspecified atom stereocenters. The molecule has 4 heteroatoms. The number of rotatable bonds is 3. The minimum absolute atomic E-state index is 0.144. The van der Waals surface area contributed by atoms with Gasteiger partial charge in [-0.15, -0.1) is 0 Å². The van der Waals surface area contributed by atoms with Gasteiger partial charge in [0.15, 0.2) is 0 Å². The average Bonchev–Trinajstić information content (AvgIpc) is 2.26. The van der Waals surface area contributed by atoms with Crippen LogP contribution in [-0.2, 0) is 11.3 Å². The van der Waals surface area contributed by atoms with E-state index in [1.807, 2.05) is 19.4 Å². The van der Waals surface area contributed by atoms with Crippen molar-refractivity contribution in [2.24, 2.45) is 0 Å². The molecule has 0 bridgehead atoms. The van der Waals surface area contributed by atoms with Crippen LogP contribution in [-0.4, -0.2) is 36.3 Å². The second-order valence-corrected chi connectivity index (χ2v) is 6.51. The summed E-state index contributed by atoms with van der Waals surface area (Å²) in [5.74, 6) is 0. The van der Waals surface area contributed by atoms with Gasteiger partial charge in [-0.25, -0.2) is 0 Å². The van der Waals surface area contributed by atoms with Gasteiger partial charge in [0, 0.05) is 25.8 Å². The summed E-state index contributed by atoms with van der Waals surface area (Å²) in [5, 5.41) is 3.22. The summed E-state index contributed by atoms with van der Waals surface area (Å²) < 4.78 is 6.14. The molecule has 0 radical (unpaired) electrons. The Morgan fingerprint density at radius 3 is 2.47 bits per heavy atom. The van der Waals surface area contributed by atoms with Gasteiger partial charge in [0.1, 0.15) is 0 Å². The van der Waals surface area contributed by atoms with Crippen LogP contribution in [0.2, 0.25) is 0 Å². The first-order valence-electron chi connectivity index (χ1n) is 6.86. The molecule has 1 aliphatic rings. The maximum atomic E-state index is 6.14. The summed E-state index contributed by atoms with van der Waals surface area (Å²) in [6, 6.07) is 2.08. The van der Waals surface area contributed by atoms with Crippen molar-refractivity contribution >= 4 is 5.69 Å². The topological polar surface area (TPSA) is 37.4 Å². The fourth-order valence-corrected chi connectivity index (χ4v) is 3.00. The quantitative estimate of drug-likeness (QED) is 0.907. The first kappa shape index (κ1) is 14.3. The molecule has 2 rings (SSSR count). The van der Waals surface area contributed by atoms with Crippen LogP contribution in [0.15, 0.2) is 18.5 Å². The summed E-state index contributed by atoms with van der Waals surface area (Å²) in [5.41, 5.74) is 2.20. The SMILES string of the molecule is CNCc1ccncc1N1CC(C)(C)OC(C)(C)C1. The molecule has 1 aliphatic heterocycles. The van der Waals surface area contributed by atoms with Gasteiger partial charge in [0.2, 0.25) is 0 Å². The molecule has 0 aromatic carbocycles. The Labute approximate surface area is 116 Å². The second kappa shape index (κ2) is 5.10. The van der Waals surface area contributed by atoms with Gasteiger partial charge in [-0.2, -0.15) is 0 Å². The summed E-state index contributed by atoms with van der Waals surface area (Å²) in [7, 11) is 1.97. The van der Waals surface area contributed by atoms with Gasteiger partial charge in [0.05, 0.1) is 23.1 Å². The average molecular weight is 263 g/mol. The van der Waals surface area contributed by atoms with Crippen LogP contribution in [0.25, 0.3) is 0 Å². The lowest BCUT2D eigenvalue weighted by molar-refractivity contribution is -0.133. The smallest absolute Gasteiger partial charge is 0.0808 e. The molecular weight excluding hydrogens is 238 g/mol. The maximum Gasteiger partial charge on any atom is 0.0808 e. The van der Waals surface area contributed by atoms with Crippen molar-refractivity contribution in [1.29, 1.82) is 0 Å². The van der Waals surface area contributed by atoms with Crippen molar-refractivity contribution in [3.63, 3.8) is 0 Å². The number of hydrogen-bond donors (Lipinski definition) is 1. The van der Waals surface area contributed by atoms with Gasteiger partial charge in [-0.1, -0.05) is 0 Å². The van der Waals surface area contributed by atoms with E-state index in [9.17, 15) is 0 Å². The Balaban J connectivity index is 2.30. The summed E-state index contributed by atoms with van der Waals surface area (Å²) >= 11 is 0. The lowest BCUT2D eigenvalue weighted by Gasteiger charge is -2.48. The third-order valence-electron chi connectivity index (χ3n) is 3.29. The van der Waals surface area contributed by atoms with Crippen molar-refractivity contribution < 1.29 is 4.74 Å². The molecule has 0 atom stereocenters. The van der Waals surface area contributed by atoms with Crippen LogP contribution < -0.4 is 10.2 Å². The highest BCUT2D eigenvalue weighted by Crippen LogP contribution is 2.32. The van der Waals surface area contributed by atoms with E-state index in [-0.39, 0.29) is 11.2 Å². The molecule has 1 fully saturated rings. The fourth-order valence-electron chi connectivity index (χ4n) is 3.00. The Kier molecular flexibility index (Phi) is 3.83. The number of ether oxygens (including phenoxy) is 1. The van der Waals surface area contributed by atoms with Gasteiger partial charge in [-0.05, 0) is 46.4 Å². The van der Waals surface area contributed by atoms with E-state index >= 15 is 0 Å². The predicted octanol–water partition coefficient (Wildman–Crippen LogP) is 2.19. The standard InChI is InChI=1S/C15H25N3O/c1-14(2)10-18(11-15(3,4)19-14)13-9-17-7-6-12(13)8-16-5/h6-7,9,16H,8,10-11H2,1-5H3. The number of aromatic nitrogens is 1. The van der Waals surface area contributed by atoms with Crippen molar-refractivity contribution in [2.75, 3.05) is 25.0 Å². The van der Waals surface area contributed by atoms with Crippen molar-refractivity contribution in [3.05, 3.63) is 24.0 Å². The molecule has 0 amide bonds. The second-order valence-electron chi connectivity index (χ2n) is 6.51. The van der Waals surface area contributed by atoms with Crippen LogP contribution in [0.5, 0.6) is 0 Å². The molecule has 0 spiro atoms. The normalized spacial score (nSPS) is 21.4. The number of anilines is 1. The molecule has 1 aromatic rings. The van der Waals surface area contributed by atoms with Crippen LogP contribution in [0.4, 0.5) is 5.69 Å². The fraction of sp³-hybridized carbons (Fsp3) is 0.667. The summed E-state index contributed by atoms with van der Waals surface area (Å²) in [6.07, 6.45) is 3.82. The largest absolute Gasteiger partial charge is 0.366 e. The number of hydrogen-bond acceptors (Lipinski definition) is 4. The zero-order valence-electron chi connectivity index (χ0n) is 12.7. The highest BCUT2D eigenvalue weighted by molar-refractivity contribution is 5.52. The molecule has 1 saturated heterocycles. The molecule has 1 aromatic heterocycles. The number of nitrogens with one attached hydrogen (secondary N) is 1. The first-order chi connectivity index (χ1) is 8.83. The molecular formula is C15H25N3O. The Morgan fingerprint density at radius 2 is 1.89 bits per heavy atom. The molecule has 19 heavy (non-hydrogen) atoms.